The summed E-state index contributed by atoms with van der Waals surface area (Å²) in [5, 5.41) is 0.757. The second kappa shape index (κ2) is 5.69. The molecule has 0 bridgehead atoms. The van der Waals surface area contributed by atoms with Crippen LogP contribution < -0.4 is 5.63 Å². The van der Waals surface area contributed by atoms with Gasteiger partial charge in [0, 0.05) is 25.6 Å². The Morgan fingerprint density at radius 3 is 2.71 bits per heavy atom. The van der Waals surface area contributed by atoms with Gasteiger partial charge in [0.05, 0.1) is 6.10 Å². The molecule has 5 heteroatoms. The van der Waals surface area contributed by atoms with Gasteiger partial charge in [-0.25, -0.2) is 4.79 Å². The number of hydrogen-bond acceptors (Lipinski definition) is 4. The van der Waals surface area contributed by atoms with E-state index in [0.29, 0.717) is 18.7 Å². The zero-order valence-electron chi connectivity index (χ0n) is 11.9. The van der Waals surface area contributed by atoms with Crippen molar-refractivity contribution in [3.63, 3.8) is 0 Å². The summed E-state index contributed by atoms with van der Waals surface area (Å²) in [7, 11) is 1.68. The van der Waals surface area contributed by atoms with Gasteiger partial charge < -0.3 is 14.1 Å². The number of methoxy groups -OCH3 is 1. The largest absolute Gasteiger partial charge is 0.422 e. The van der Waals surface area contributed by atoms with Crippen LogP contribution in [0.25, 0.3) is 11.0 Å². The van der Waals surface area contributed by atoms with Gasteiger partial charge in [-0.05, 0) is 25.0 Å². The second-order valence-electron chi connectivity index (χ2n) is 5.21. The highest BCUT2D eigenvalue weighted by Crippen LogP contribution is 2.17. The first-order valence-electron chi connectivity index (χ1n) is 7.04. The molecule has 2 heterocycles. The molecule has 0 atom stereocenters. The number of amides is 1. The van der Waals surface area contributed by atoms with Crippen molar-refractivity contribution in [3.05, 3.63) is 46.3 Å². The minimum Gasteiger partial charge on any atom is -0.422 e. The number of nitrogens with zero attached hydrogens (tertiary/aromatic N) is 1. The maximum absolute atomic E-state index is 12.5. The van der Waals surface area contributed by atoms with E-state index in [0.717, 1.165) is 18.2 Å². The van der Waals surface area contributed by atoms with Crippen LogP contribution in [0.15, 0.2) is 39.5 Å². The molecule has 21 heavy (non-hydrogen) atoms. The number of para-hydroxylation sites is 1. The first-order chi connectivity index (χ1) is 10.2. The molecule has 5 nitrogen and oxygen atoms in total. The van der Waals surface area contributed by atoms with Crippen molar-refractivity contribution >= 4 is 16.9 Å². The van der Waals surface area contributed by atoms with Crippen LogP contribution in [0.1, 0.15) is 23.2 Å². The zero-order valence-corrected chi connectivity index (χ0v) is 11.9. The van der Waals surface area contributed by atoms with Crippen molar-refractivity contribution in [2.45, 2.75) is 18.9 Å². The predicted molar refractivity (Wildman–Crippen MR) is 78.4 cm³/mol. The summed E-state index contributed by atoms with van der Waals surface area (Å²) in [6.45, 7) is 1.20. The molecule has 0 saturated carbocycles. The number of piperidine rings is 1. The van der Waals surface area contributed by atoms with E-state index >= 15 is 0 Å². The van der Waals surface area contributed by atoms with Gasteiger partial charge in [-0.2, -0.15) is 0 Å². The van der Waals surface area contributed by atoms with E-state index in [1.165, 1.54) is 0 Å². The number of hydrogen-bond donors (Lipinski definition) is 0. The Balaban J connectivity index is 1.88. The van der Waals surface area contributed by atoms with E-state index in [9.17, 15) is 9.59 Å². The first kappa shape index (κ1) is 13.8. The number of carbonyl (C=O) groups is 1. The molecule has 0 unspecified atom stereocenters. The summed E-state index contributed by atoms with van der Waals surface area (Å²) in [5.41, 5.74) is 0.0225. The Morgan fingerprint density at radius 1 is 1.29 bits per heavy atom. The fourth-order valence-corrected chi connectivity index (χ4v) is 2.68. The molecule has 2 aromatic rings. The third kappa shape index (κ3) is 2.69. The second-order valence-corrected chi connectivity index (χ2v) is 5.21. The molecule has 1 aromatic carbocycles. The van der Waals surface area contributed by atoms with E-state index in [1.54, 1.807) is 30.2 Å². The Morgan fingerprint density at radius 2 is 2.00 bits per heavy atom. The van der Waals surface area contributed by atoms with E-state index in [-0.39, 0.29) is 17.6 Å². The molecule has 1 amide bonds. The minimum atomic E-state index is -0.576. The molecule has 3 rings (SSSR count). The normalized spacial score (nSPS) is 16.3. The number of ether oxygens (including phenoxy) is 1. The van der Waals surface area contributed by atoms with Gasteiger partial charge >= 0.3 is 5.63 Å². The number of rotatable bonds is 2. The van der Waals surface area contributed by atoms with Crippen LogP contribution in [-0.4, -0.2) is 37.1 Å². The number of fused-ring (bicyclic) bond motifs is 1. The lowest BCUT2D eigenvalue weighted by molar-refractivity contribution is 0.0349. The zero-order chi connectivity index (χ0) is 14.8. The summed E-state index contributed by atoms with van der Waals surface area (Å²) < 4.78 is 10.5. The van der Waals surface area contributed by atoms with Crippen LogP contribution >= 0.6 is 0 Å². The van der Waals surface area contributed by atoms with E-state index in [2.05, 4.69) is 0 Å². The lowest BCUT2D eigenvalue weighted by atomic mass is 10.1. The van der Waals surface area contributed by atoms with Gasteiger partial charge in [0.25, 0.3) is 5.91 Å². The molecule has 1 saturated heterocycles. The number of benzene rings is 1. The summed E-state index contributed by atoms with van der Waals surface area (Å²) in [5.74, 6) is -0.260. The summed E-state index contributed by atoms with van der Waals surface area (Å²) in [4.78, 5) is 26.2. The molecule has 1 aromatic heterocycles. The Hall–Kier alpha value is -2.14. The van der Waals surface area contributed by atoms with Crippen LogP contribution in [0.4, 0.5) is 0 Å². The average molecular weight is 287 g/mol. The molecule has 1 aliphatic heterocycles. The molecule has 0 radical (unpaired) electrons. The van der Waals surface area contributed by atoms with E-state index < -0.39 is 5.63 Å². The molecule has 1 aliphatic rings. The van der Waals surface area contributed by atoms with Crippen LogP contribution in [0.2, 0.25) is 0 Å². The van der Waals surface area contributed by atoms with Gasteiger partial charge in [0.1, 0.15) is 11.1 Å². The highest BCUT2D eigenvalue weighted by atomic mass is 16.5. The monoisotopic (exact) mass is 287 g/mol. The lowest BCUT2D eigenvalue weighted by Crippen LogP contribution is -2.42. The molecule has 0 N–H and O–H groups in total. The summed E-state index contributed by atoms with van der Waals surface area (Å²) in [6.07, 6.45) is 1.78. The molecule has 110 valence electrons. The van der Waals surface area contributed by atoms with Gasteiger partial charge in [0.2, 0.25) is 0 Å². The van der Waals surface area contributed by atoms with Crippen molar-refractivity contribution in [2.24, 2.45) is 0 Å². The molecule has 0 aliphatic carbocycles. The lowest BCUT2D eigenvalue weighted by Gasteiger charge is -2.31. The fraction of sp³-hybridized carbons (Fsp3) is 0.375. The molecule has 1 fully saturated rings. The predicted octanol–water partition coefficient (Wildman–Crippen LogP) is 2.04. The smallest absolute Gasteiger partial charge is 0.349 e. The number of likely N-dealkylation sites (tertiary alicyclic amines) is 1. The minimum absolute atomic E-state index is 0.101. The third-order valence-corrected chi connectivity index (χ3v) is 3.93. The Labute approximate surface area is 122 Å². The van der Waals surface area contributed by atoms with E-state index in [1.807, 2.05) is 12.1 Å². The van der Waals surface area contributed by atoms with Crippen molar-refractivity contribution in [2.75, 3.05) is 20.2 Å². The van der Waals surface area contributed by atoms with Crippen molar-refractivity contribution in [3.8, 4) is 0 Å². The molecule has 0 spiro atoms. The first-order valence-corrected chi connectivity index (χ1v) is 7.04. The maximum Gasteiger partial charge on any atom is 0.349 e. The topological polar surface area (TPSA) is 59.8 Å². The van der Waals surface area contributed by atoms with Crippen LogP contribution in [-0.2, 0) is 4.74 Å². The number of carbonyl (C=O) groups excluding carboxylic acids is 1. The third-order valence-electron chi connectivity index (χ3n) is 3.93. The van der Waals surface area contributed by atoms with Gasteiger partial charge in [-0.1, -0.05) is 18.2 Å². The van der Waals surface area contributed by atoms with Crippen molar-refractivity contribution < 1.29 is 13.9 Å². The van der Waals surface area contributed by atoms with E-state index in [4.69, 9.17) is 9.15 Å². The highest BCUT2D eigenvalue weighted by molar-refractivity contribution is 5.96. The van der Waals surface area contributed by atoms with Crippen molar-refractivity contribution in [1.82, 2.24) is 4.90 Å². The highest BCUT2D eigenvalue weighted by Gasteiger charge is 2.25. The fourth-order valence-electron chi connectivity index (χ4n) is 2.68. The van der Waals surface area contributed by atoms with Crippen LogP contribution in [0.5, 0.6) is 0 Å². The molecular formula is C16H17NO4. The van der Waals surface area contributed by atoms with Crippen molar-refractivity contribution in [1.29, 1.82) is 0 Å². The van der Waals surface area contributed by atoms with Gasteiger partial charge in [-0.15, -0.1) is 0 Å². The van der Waals surface area contributed by atoms with Crippen LogP contribution in [0, 0.1) is 0 Å². The van der Waals surface area contributed by atoms with Gasteiger partial charge in [-0.3, -0.25) is 4.79 Å². The Bertz CT molecular complexity index is 714. The maximum atomic E-state index is 12.5. The van der Waals surface area contributed by atoms with Gasteiger partial charge in [0.15, 0.2) is 0 Å². The SMILES string of the molecule is COC1CCN(C(=O)c2cc3ccccc3oc2=O)CC1. The summed E-state index contributed by atoms with van der Waals surface area (Å²) >= 11 is 0. The summed E-state index contributed by atoms with van der Waals surface area (Å²) in [6, 6.07) is 8.80. The van der Waals surface area contributed by atoms with Crippen LogP contribution in [0.3, 0.4) is 0 Å². The quantitative estimate of drug-likeness (QED) is 0.793. The average Bonchev–Trinajstić information content (AvgIpc) is 2.53. The Kier molecular flexibility index (Phi) is 3.75. The molecular weight excluding hydrogens is 270 g/mol. The standard InChI is InChI=1S/C16H17NO4/c1-20-12-6-8-17(9-7-12)15(18)13-10-11-4-2-3-5-14(11)21-16(13)19/h2-5,10,12H,6-9H2,1H3.